The first-order chi connectivity index (χ1) is 16.4. The van der Waals surface area contributed by atoms with Gasteiger partial charge in [-0.15, -0.1) is 0 Å². The first kappa shape index (κ1) is 22.8. The molecule has 3 N–H and O–H groups in total. The van der Waals surface area contributed by atoms with Crippen molar-refractivity contribution in [1.29, 1.82) is 0 Å². The molecular weight excluding hydrogens is 444 g/mol. The summed E-state index contributed by atoms with van der Waals surface area (Å²) in [6.45, 7) is 3.13. The molecule has 0 radical (unpaired) electrons. The number of nitrogens with two attached hydrogens (primary N) is 1. The summed E-state index contributed by atoms with van der Waals surface area (Å²) in [5, 5.41) is 3.08. The number of likely N-dealkylation sites (tertiary alicyclic amines) is 2. The number of anilines is 1. The third-order valence-corrected chi connectivity index (χ3v) is 7.98. The highest BCUT2D eigenvalue weighted by Crippen LogP contribution is 2.41. The molecule has 0 saturated carbocycles. The van der Waals surface area contributed by atoms with Crippen molar-refractivity contribution in [2.24, 2.45) is 17.1 Å². The van der Waals surface area contributed by atoms with Gasteiger partial charge in [-0.1, -0.05) is 30.3 Å². The largest absolute Gasteiger partial charge is 0.376 e. The lowest BCUT2D eigenvalue weighted by molar-refractivity contribution is -0.134. The molecule has 0 aromatic heterocycles. The molecule has 0 bridgehead atoms. The van der Waals surface area contributed by atoms with Gasteiger partial charge in [0.2, 0.25) is 5.91 Å². The standard InChI is InChI=1S/C27H32N4O2S/c28-26(34)29-23-7-3-6-22(17-23)25(33)31-13-10-27(18-31)8-11-30(12-9-27)24(32)16-19-14-20-4-1-2-5-21(20)15-19/h1-7,17,19H,8-16,18H2,(H3,28,29,34). The zero-order chi connectivity index (χ0) is 23.7. The number of nitrogens with one attached hydrogen (secondary N) is 1. The van der Waals surface area contributed by atoms with Crippen LogP contribution in [0.5, 0.6) is 0 Å². The van der Waals surface area contributed by atoms with Crippen molar-refractivity contribution in [3.05, 3.63) is 65.2 Å². The van der Waals surface area contributed by atoms with Crippen LogP contribution in [0.1, 0.15) is 47.2 Å². The van der Waals surface area contributed by atoms with E-state index in [4.69, 9.17) is 18.0 Å². The quantitative estimate of drug-likeness (QED) is 0.660. The van der Waals surface area contributed by atoms with Gasteiger partial charge >= 0.3 is 0 Å². The predicted molar refractivity (Wildman–Crippen MR) is 138 cm³/mol. The van der Waals surface area contributed by atoms with E-state index >= 15 is 0 Å². The molecule has 178 valence electrons. The van der Waals surface area contributed by atoms with Gasteiger partial charge in [0.25, 0.3) is 5.91 Å². The number of rotatable bonds is 4. The Morgan fingerprint density at radius 2 is 1.62 bits per heavy atom. The molecule has 0 unspecified atom stereocenters. The SMILES string of the molecule is NC(=S)Nc1cccc(C(=O)N2CCC3(CCN(C(=O)CC4Cc5ccccc5C4)CC3)C2)c1. The summed E-state index contributed by atoms with van der Waals surface area (Å²) in [4.78, 5) is 30.2. The fraction of sp³-hybridized carbons (Fsp3) is 0.444. The van der Waals surface area contributed by atoms with Crippen molar-refractivity contribution in [2.45, 2.75) is 38.5 Å². The van der Waals surface area contributed by atoms with E-state index in [1.165, 1.54) is 11.1 Å². The van der Waals surface area contributed by atoms with Gasteiger partial charge in [0, 0.05) is 43.9 Å². The van der Waals surface area contributed by atoms with E-state index in [0.29, 0.717) is 23.8 Å². The van der Waals surface area contributed by atoms with Gasteiger partial charge < -0.3 is 20.9 Å². The highest BCUT2D eigenvalue weighted by Gasteiger charge is 2.43. The van der Waals surface area contributed by atoms with E-state index < -0.39 is 0 Å². The minimum absolute atomic E-state index is 0.0442. The van der Waals surface area contributed by atoms with Crippen LogP contribution < -0.4 is 11.1 Å². The summed E-state index contributed by atoms with van der Waals surface area (Å²) in [7, 11) is 0. The van der Waals surface area contributed by atoms with Gasteiger partial charge in [-0.3, -0.25) is 9.59 Å². The number of thiocarbonyl (C=S) groups is 1. The van der Waals surface area contributed by atoms with Crippen molar-refractivity contribution in [3.8, 4) is 0 Å². The lowest BCUT2D eigenvalue weighted by atomic mass is 9.77. The number of carbonyl (C=O) groups is 2. The Labute approximate surface area is 206 Å². The fourth-order valence-corrected chi connectivity index (χ4v) is 6.09. The van der Waals surface area contributed by atoms with Gasteiger partial charge in [-0.05, 0) is 85.0 Å². The summed E-state index contributed by atoms with van der Waals surface area (Å²) in [5.74, 6) is 0.766. The summed E-state index contributed by atoms with van der Waals surface area (Å²) in [6.07, 6.45) is 5.62. The van der Waals surface area contributed by atoms with E-state index in [0.717, 1.165) is 64.0 Å². The Morgan fingerprint density at radius 1 is 0.971 bits per heavy atom. The first-order valence-corrected chi connectivity index (χ1v) is 12.6. The third kappa shape index (κ3) is 4.80. The smallest absolute Gasteiger partial charge is 0.253 e. The topological polar surface area (TPSA) is 78.7 Å². The minimum Gasteiger partial charge on any atom is -0.376 e. The molecule has 7 heteroatoms. The number of piperidine rings is 1. The summed E-state index contributed by atoms with van der Waals surface area (Å²) >= 11 is 4.90. The number of nitrogens with zero attached hydrogens (tertiary/aromatic N) is 2. The van der Waals surface area contributed by atoms with Crippen molar-refractivity contribution in [3.63, 3.8) is 0 Å². The Kier molecular flexibility index (Phi) is 6.30. The average molecular weight is 477 g/mol. The number of benzene rings is 2. The number of amides is 2. The number of hydrogen-bond donors (Lipinski definition) is 2. The summed E-state index contributed by atoms with van der Waals surface area (Å²) in [6, 6.07) is 15.9. The second kappa shape index (κ2) is 9.37. The second-order valence-electron chi connectivity index (χ2n) is 10.2. The highest BCUT2D eigenvalue weighted by atomic mass is 32.1. The molecule has 1 aliphatic carbocycles. The van der Waals surface area contributed by atoms with Crippen LogP contribution in [0.4, 0.5) is 5.69 Å². The second-order valence-corrected chi connectivity index (χ2v) is 10.6. The van der Waals surface area contributed by atoms with E-state index in [2.05, 4.69) is 34.5 Å². The van der Waals surface area contributed by atoms with E-state index in [1.807, 2.05) is 23.1 Å². The molecular formula is C27H32N4O2S. The summed E-state index contributed by atoms with van der Waals surface area (Å²) < 4.78 is 0. The molecule has 2 heterocycles. The van der Waals surface area contributed by atoms with E-state index in [9.17, 15) is 9.59 Å². The number of carbonyl (C=O) groups excluding carboxylic acids is 2. The normalized spacial score (nSPS) is 19.3. The van der Waals surface area contributed by atoms with E-state index in [-0.39, 0.29) is 16.4 Å². The molecule has 2 fully saturated rings. The maximum atomic E-state index is 13.1. The van der Waals surface area contributed by atoms with Crippen LogP contribution in [0.15, 0.2) is 48.5 Å². The van der Waals surface area contributed by atoms with Gasteiger partial charge in [-0.2, -0.15) is 0 Å². The zero-order valence-corrected chi connectivity index (χ0v) is 20.3. The maximum absolute atomic E-state index is 13.1. The molecule has 6 nitrogen and oxygen atoms in total. The Hall–Kier alpha value is -2.93. The first-order valence-electron chi connectivity index (χ1n) is 12.2. The predicted octanol–water partition coefficient (Wildman–Crippen LogP) is 3.60. The zero-order valence-electron chi connectivity index (χ0n) is 19.5. The number of fused-ring (bicyclic) bond motifs is 1. The Bertz CT molecular complexity index is 1080. The van der Waals surface area contributed by atoms with Crippen LogP contribution in [0.2, 0.25) is 0 Å². The van der Waals surface area contributed by atoms with Crippen LogP contribution in [0.3, 0.4) is 0 Å². The van der Waals surface area contributed by atoms with Crippen molar-refractivity contribution >= 4 is 34.8 Å². The van der Waals surface area contributed by atoms with Crippen molar-refractivity contribution < 1.29 is 9.59 Å². The molecule has 3 aliphatic rings. The van der Waals surface area contributed by atoms with Crippen LogP contribution in [0.25, 0.3) is 0 Å². The van der Waals surface area contributed by atoms with Gasteiger partial charge in [0.1, 0.15) is 0 Å². The molecule has 0 atom stereocenters. The van der Waals surface area contributed by atoms with Gasteiger partial charge in [0.15, 0.2) is 5.11 Å². The monoisotopic (exact) mass is 476 g/mol. The minimum atomic E-state index is 0.0442. The molecule has 5 rings (SSSR count). The Morgan fingerprint density at radius 3 is 2.26 bits per heavy atom. The number of hydrogen-bond acceptors (Lipinski definition) is 3. The summed E-state index contributed by atoms with van der Waals surface area (Å²) in [5.41, 5.74) is 9.87. The van der Waals surface area contributed by atoms with Crippen LogP contribution in [0, 0.1) is 11.3 Å². The van der Waals surface area contributed by atoms with Crippen LogP contribution in [-0.2, 0) is 17.6 Å². The lowest BCUT2D eigenvalue weighted by Gasteiger charge is -2.39. The molecule has 2 aliphatic heterocycles. The van der Waals surface area contributed by atoms with Crippen molar-refractivity contribution in [2.75, 3.05) is 31.5 Å². The van der Waals surface area contributed by atoms with Crippen molar-refractivity contribution in [1.82, 2.24) is 9.80 Å². The highest BCUT2D eigenvalue weighted by molar-refractivity contribution is 7.80. The van der Waals surface area contributed by atoms with Crippen LogP contribution >= 0.6 is 12.2 Å². The maximum Gasteiger partial charge on any atom is 0.253 e. The Balaban J connectivity index is 1.13. The molecule has 2 aromatic rings. The van der Waals surface area contributed by atoms with Gasteiger partial charge in [0.05, 0.1) is 0 Å². The molecule has 34 heavy (non-hydrogen) atoms. The lowest BCUT2D eigenvalue weighted by Crippen LogP contribution is -2.45. The molecule has 2 amide bonds. The molecule has 2 aromatic carbocycles. The fourth-order valence-electron chi connectivity index (χ4n) is 5.97. The molecule has 1 spiro atoms. The van der Waals surface area contributed by atoms with Gasteiger partial charge in [-0.25, -0.2) is 0 Å². The molecule has 2 saturated heterocycles. The average Bonchev–Trinajstić information content (AvgIpc) is 3.42. The third-order valence-electron chi connectivity index (χ3n) is 7.88. The van der Waals surface area contributed by atoms with E-state index in [1.54, 1.807) is 6.07 Å². The van der Waals surface area contributed by atoms with Crippen LogP contribution in [-0.4, -0.2) is 52.9 Å².